The van der Waals surface area contributed by atoms with Gasteiger partial charge in [-0.2, -0.15) is 0 Å². The lowest BCUT2D eigenvalue weighted by atomic mass is 10.1. The van der Waals surface area contributed by atoms with Gasteiger partial charge in [0.15, 0.2) is 5.78 Å². The minimum atomic E-state index is -0.844. The van der Waals surface area contributed by atoms with Crippen LogP contribution in [-0.2, 0) is 4.74 Å². The van der Waals surface area contributed by atoms with E-state index < -0.39 is 17.4 Å². The van der Waals surface area contributed by atoms with Gasteiger partial charge >= 0.3 is 0 Å². The van der Waals surface area contributed by atoms with Crippen LogP contribution in [0.25, 0.3) is 0 Å². The minimum absolute atomic E-state index is 0.149. The Labute approximate surface area is 97.2 Å². The molecule has 0 aliphatic carbocycles. The quantitative estimate of drug-likeness (QED) is 0.604. The van der Waals surface area contributed by atoms with Crippen molar-refractivity contribution in [1.29, 1.82) is 0 Å². The number of hydrogen-bond acceptors (Lipinski definition) is 2. The Hall–Kier alpha value is -1.00. The highest BCUT2D eigenvalue weighted by molar-refractivity contribution is 6.30. The molecule has 1 aromatic carbocycles. The number of carbonyl (C=O) groups is 1. The molecule has 0 saturated heterocycles. The molecule has 5 heteroatoms. The molecule has 0 N–H and O–H groups in total. The van der Waals surface area contributed by atoms with Crippen LogP contribution >= 0.6 is 11.6 Å². The number of rotatable bonds is 4. The molecule has 88 valence electrons. The maximum atomic E-state index is 13.3. The van der Waals surface area contributed by atoms with Gasteiger partial charge in [-0.25, -0.2) is 8.78 Å². The summed E-state index contributed by atoms with van der Waals surface area (Å²) in [6, 6.07) is 1.56. The zero-order chi connectivity index (χ0) is 12.3. The SMILES string of the molecule is CC(C)OCC(=O)c1cc(F)c(Cl)cc1F. The molecule has 0 unspecified atom stereocenters. The molecule has 16 heavy (non-hydrogen) atoms. The summed E-state index contributed by atoms with van der Waals surface area (Å²) in [6.07, 6.45) is -0.149. The minimum Gasteiger partial charge on any atom is -0.371 e. The molecule has 0 aliphatic rings. The third kappa shape index (κ3) is 3.25. The summed E-state index contributed by atoms with van der Waals surface area (Å²) in [5.41, 5.74) is -0.345. The van der Waals surface area contributed by atoms with Crippen molar-refractivity contribution < 1.29 is 18.3 Å². The molecule has 0 aromatic heterocycles. The van der Waals surface area contributed by atoms with Gasteiger partial charge in [-0.1, -0.05) is 11.6 Å². The van der Waals surface area contributed by atoms with Crippen LogP contribution in [0.2, 0.25) is 5.02 Å². The van der Waals surface area contributed by atoms with E-state index in [0.717, 1.165) is 12.1 Å². The third-order valence-corrected chi connectivity index (χ3v) is 2.15. The summed E-state index contributed by atoms with van der Waals surface area (Å²) in [5, 5.41) is -0.348. The van der Waals surface area contributed by atoms with Crippen molar-refractivity contribution in [1.82, 2.24) is 0 Å². The van der Waals surface area contributed by atoms with Gasteiger partial charge in [-0.15, -0.1) is 0 Å². The fourth-order valence-electron chi connectivity index (χ4n) is 1.06. The van der Waals surface area contributed by atoms with Crippen molar-refractivity contribution in [2.45, 2.75) is 20.0 Å². The molecule has 1 aromatic rings. The maximum absolute atomic E-state index is 13.3. The van der Waals surface area contributed by atoms with Crippen molar-refractivity contribution in [3.8, 4) is 0 Å². The van der Waals surface area contributed by atoms with Gasteiger partial charge in [0.05, 0.1) is 16.7 Å². The molecule has 0 spiro atoms. The van der Waals surface area contributed by atoms with E-state index in [1.165, 1.54) is 0 Å². The van der Waals surface area contributed by atoms with Crippen LogP contribution in [-0.4, -0.2) is 18.5 Å². The first-order valence-corrected chi connectivity index (χ1v) is 5.09. The van der Waals surface area contributed by atoms with E-state index in [1.807, 2.05) is 0 Å². The van der Waals surface area contributed by atoms with Crippen LogP contribution in [0.3, 0.4) is 0 Å². The molecule has 0 fully saturated rings. The number of hydrogen-bond donors (Lipinski definition) is 0. The van der Waals surface area contributed by atoms with E-state index in [4.69, 9.17) is 16.3 Å². The zero-order valence-electron chi connectivity index (χ0n) is 8.89. The zero-order valence-corrected chi connectivity index (χ0v) is 9.65. The monoisotopic (exact) mass is 248 g/mol. The van der Waals surface area contributed by atoms with Crippen molar-refractivity contribution in [2.75, 3.05) is 6.61 Å². The van der Waals surface area contributed by atoms with E-state index in [-0.39, 0.29) is 23.3 Å². The molecule has 0 saturated carbocycles. The van der Waals surface area contributed by atoms with E-state index in [9.17, 15) is 13.6 Å². The van der Waals surface area contributed by atoms with E-state index >= 15 is 0 Å². The predicted molar refractivity (Wildman–Crippen MR) is 56.8 cm³/mol. The number of ketones is 1. The van der Waals surface area contributed by atoms with Gasteiger partial charge < -0.3 is 4.74 Å². The Morgan fingerprint density at radius 3 is 2.56 bits per heavy atom. The molecule has 0 heterocycles. The van der Waals surface area contributed by atoms with E-state index in [1.54, 1.807) is 13.8 Å². The fraction of sp³-hybridized carbons (Fsp3) is 0.364. The number of Topliss-reactive ketones (excluding diaryl/α,β-unsaturated/α-hetero) is 1. The van der Waals surface area contributed by atoms with E-state index in [2.05, 4.69) is 0 Å². The van der Waals surface area contributed by atoms with Crippen LogP contribution in [0.5, 0.6) is 0 Å². The number of carbonyl (C=O) groups excluding carboxylic acids is 1. The average molecular weight is 249 g/mol. The summed E-state index contributed by atoms with van der Waals surface area (Å²) >= 11 is 5.36. The molecule has 0 atom stereocenters. The summed E-state index contributed by atoms with van der Waals surface area (Å²) in [5.74, 6) is -2.28. The molecule has 0 bridgehead atoms. The smallest absolute Gasteiger partial charge is 0.191 e. The summed E-state index contributed by atoms with van der Waals surface area (Å²) < 4.78 is 31.3. The lowest BCUT2D eigenvalue weighted by molar-refractivity contribution is 0.0581. The molecule has 2 nitrogen and oxygen atoms in total. The van der Waals surface area contributed by atoms with Gasteiger partial charge in [0.2, 0.25) is 0 Å². The number of halogens is 3. The fourth-order valence-corrected chi connectivity index (χ4v) is 1.21. The summed E-state index contributed by atoms with van der Waals surface area (Å²) in [6.45, 7) is 3.20. The average Bonchev–Trinajstić information content (AvgIpc) is 2.20. The van der Waals surface area contributed by atoms with Crippen LogP contribution < -0.4 is 0 Å². The van der Waals surface area contributed by atoms with Gasteiger partial charge in [0.25, 0.3) is 0 Å². The van der Waals surface area contributed by atoms with Gasteiger partial charge in [-0.05, 0) is 26.0 Å². The first kappa shape index (κ1) is 13.1. The van der Waals surface area contributed by atoms with Gasteiger partial charge in [0.1, 0.15) is 18.2 Å². The van der Waals surface area contributed by atoms with Crippen molar-refractivity contribution in [2.24, 2.45) is 0 Å². The third-order valence-electron chi connectivity index (χ3n) is 1.86. The molecule has 0 amide bonds. The normalized spacial score (nSPS) is 10.9. The molecule has 1 rings (SSSR count). The predicted octanol–water partition coefficient (Wildman–Crippen LogP) is 3.23. The Morgan fingerprint density at radius 2 is 2.00 bits per heavy atom. The largest absolute Gasteiger partial charge is 0.371 e. The highest BCUT2D eigenvalue weighted by atomic mass is 35.5. The van der Waals surface area contributed by atoms with Crippen LogP contribution in [0, 0.1) is 11.6 Å². The second-order valence-electron chi connectivity index (χ2n) is 3.53. The first-order valence-electron chi connectivity index (χ1n) is 4.71. The van der Waals surface area contributed by atoms with Crippen molar-refractivity contribution >= 4 is 17.4 Å². The van der Waals surface area contributed by atoms with Gasteiger partial charge in [0, 0.05) is 0 Å². The Kier molecular flexibility index (Phi) is 4.38. The molecule has 0 radical (unpaired) electrons. The second kappa shape index (κ2) is 5.37. The summed E-state index contributed by atoms with van der Waals surface area (Å²) in [7, 11) is 0. The van der Waals surface area contributed by atoms with Crippen LogP contribution in [0.4, 0.5) is 8.78 Å². The highest BCUT2D eigenvalue weighted by Gasteiger charge is 2.15. The number of benzene rings is 1. The lowest BCUT2D eigenvalue weighted by Crippen LogP contribution is -2.15. The number of ether oxygens (including phenoxy) is 1. The topological polar surface area (TPSA) is 26.3 Å². The lowest BCUT2D eigenvalue weighted by Gasteiger charge is -2.07. The van der Waals surface area contributed by atoms with Gasteiger partial charge in [-0.3, -0.25) is 4.79 Å². The highest BCUT2D eigenvalue weighted by Crippen LogP contribution is 2.19. The maximum Gasteiger partial charge on any atom is 0.191 e. The molecule has 0 aliphatic heterocycles. The van der Waals surface area contributed by atoms with Crippen molar-refractivity contribution in [3.63, 3.8) is 0 Å². The Balaban J connectivity index is 2.87. The Bertz CT molecular complexity index is 405. The molecular weight excluding hydrogens is 238 g/mol. The summed E-state index contributed by atoms with van der Waals surface area (Å²) in [4.78, 5) is 11.5. The molecular formula is C11H11ClF2O2. The second-order valence-corrected chi connectivity index (χ2v) is 3.94. The van der Waals surface area contributed by atoms with Crippen LogP contribution in [0.15, 0.2) is 12.1 Å². The first-order chi connectivity index (χ1) is 7.41. The standard InChI is InChI=1S/C11H11ClF2O2/c1-6(2)16-5-11(15)7-3-10(14)8(12)4-9(7)13/h3-4,6H,5H2,1-2H3. The Morgan fingerprint density at radius 1 is 1.38 bits per heavy atom. The van der Waals surface area contributed by atoms with Crippen molar-refractivity contribution in [3.05, 3.63) is 34.4 Å². The van der Waals surface area contributed by atoms with E-state index in [0.29, 0.717) is 0 Å². The van der Waals surface area contributed by atoms with Crippen LogP contribution in [0.1, 0.15) is 24.2 Å².